The normalized spacial score (nSPS) is 13.8. The van der Waals surface area contributed by atoms with E-state index in [4.69, 9.17) is 0 Å². The Hall–Kier alpha value is -4.98. The average Bonchev–Trinajstić information content (AvgIpc) is 3.48. The van der Waals surface area contributed by atoms with Crippen LogP contribution in [0.1, 0.15) is 36.1 Å². The third-order valence-electron chi connectivity index (χ3n) is 7.39. The van der Waals surface area contributed by atoms with Crippen molar-refractivity contribution < 1.29 is 14.3 Å². The van der Waals surface area contributed by atoms with Crippen LogP contribution in [0, 0.1) is 18.7 Å². The quantitative estimate of drug-likeness (QED) is 0.167. The van der Waals surface area contributed by atoms with Gasteiger partial charge in [-0.1, -0.05) is 37.3 Å². The van der Waals surface area contributed by atoms with Crippen molar-refractivity contribution >= 4 is 28.1 Å². The van der Waals surface area contributed by atoms with E-state index in [1.54, 1.807) is 18.3 Å². The summed E-state index contributed by atoms with van der Waals surface area (Å²) in [7, 11) is 0. The lowest BCUT2D eigenvalue weighted by Crippen LogP contribution is -2.27. The number of aromatic nitrogens is 4. The number of anilines is 1. The van der Waals surface area contributed by atoms with Gasteiger partial charge in [-0.25, -0.2) is 4.39 Å². The van der Waals surface area contributed by atoms with Crippen LogP contribution in [0.4, 0.5) is 10.1 Å². The molecule has 4 N–H and O–H groups in total. The summed E-state index contributed by atoms with van der Waals surface area (Å²) in [5.74, 6) is -0.499. The zero-order valence-electron chi connectivity index (χ0n) is 22.0. The topological polar surface area (TPSA) is 107 Å². The molecule has 1 fully saturated rings. The molecular formula is C32H28FN5O2. The lowest BCUT2D eigenvalue weighted by Gasteiger charge is -2.24. The van der Waals surface area contributed by atoms with Gasteiger partial charge in [0.25, 0.3) is 0 Å². The first kappa shape index (κ1) is 25.3. The number of fused-ring (bicyclic) bond motifs is 1. The number of hydrogen-bond acceptors (Lipinski definition) is 4. The molecule has 0 atom stereocenters. The van der Waals surface area contributed by atoms with Gasteiger partial charge in [0.05, 0.1) is 23.1 Å². The van der Waals surface area contributed by atoms with Gasteiger partial charge >= 0.3 is 0 Å². The lowest BCUT2D eigenvalue weighted by atomic mass is 9.85. The highest BCUT2D eigenvalue weighted by Gasteiger charge is 2.25. The highest BCUT2D eigenvalue weighted by atomic mass is 19.1. The largest absolute Gasteiger partial charge is 0.508 e. The Morgan fingerprint density at radius 2 is 2.02 bits per heavy atom. The summed E-state index contributed by atoms with van der Waals surface area (Å²) < 4.78 is 14.1. The smallest absolute Gasteiger partial charge is 0.227 e. The van der Waals surface area contributed by atoms with Crippen molar-refractivity contribution in [3.8, 4) is 28.4 Å². The second-order valence-corrected chi connectivity index (χ2v) is 10.1. The molecule has 40 heavy (non-hydrogen) atoms. The highest BCUT2D eigenvalue weighted by molar-refractivity contribution is 5.96. The zero-order valence-corrected chi connectivity index (χ0v) is 22.0. The van der Waals surface area contributed by atoms with Crippen molar-refractivity contribution in [1.82, 2.24) is 20.2 Å². The fourth-order valence-corrected chi connectivity index (χ4v) is 5.11. The fourth-order valence-electron chi connectivity index (χ4n) is 5.11. The Morgan fingerprint density at radius 3 is 2.77 bits per heavy atom. The fraction of sp³-hybridized carbons (Fsp3) is 0.156. The van der Waals surface area contributed by atoms with Gasteiger partial charge in [-0.3, -0.25) is 14.9 Å². The number of benzene rings is 2. The molecule has 5 aromatic rings. The van der Waals surface area contributed by atoms with E-state index in [9.17, 15) is 14.3 Å². The molecule has 8 heteroatoms. The minimum absolute atomic E-state index is 0.0696. The number of carbonyl (C=O) groups excluding carboxylic acids is 1. The number of H-pyrrole nitrogens is 2. The monoisotopic (exact) mass is 533 g/mol. The Labute approximate surface area is 230 Å². The van der Waals surface area contributed by atoms with E-state index in [1.165, 1.54) is 12.1 Å². The van der Waals surface area contributed by atoms with Crippen molar-refractivity contribution in [3.05, 3.63) is 102 Å². The number of allylic oxidation sites excluding steroid dienone is 2. The molecule has 3 heterocycles. The van der Waals surface area contributed by atoms with E-state index in [0.717, 1.165) is 70.1 Å². The summed E-state index contributed by atoms with van der Waals surface area (Å²) in [6.45, 7) is 5.74. The van der Waals surface area contributed by atoms with Gasteiger partial charge < -0.3 is 15.4 Å². The van der Waals surface area contributed by atoms with Gasteiger partial charge in [0.1, 0.15) is 17.3 Å². The van der Waals surface area contributed by atoms with Crippen molar-refractivity contribution in [2.75, 3.05) is 5.32 Å². The Morgan fingerprint density at radius 1 is 1.18 bits per heavy atom. The predicted molar refractivity (Wildman–Crippen MR) is 155 cm³/mol. The molecule has 1 amide bonds. The highest BCUT2D eigenvalue weighted by Crippen LogP contribution is 2.35. The molecule has 0 spiro atoms. The van der Waals surface area contributed by atoms with Crippen LogP contribution in [-0.2, 0) is 4.79 Å². The number of aryl methyl sites for hydroxylation is 1. The number of hydrogen-bond donors (Lipinski definition) is 4. The van der Waals surface area contributed by atoms with E-state index in [0.29, 0.717) is 16.8 Å². The summed E-state index contributed by atoms with van der Waals surface area (Å²) in [4.78, 5) is 20.5. The lowest BCUT2D eigenvalue weighted by molar-refractivity contribution is -0.122. The minimum atomic E-state index is -0.525. The van der Waals surface area contributed by atoms with Crippen molar-refractivity contribution in [1.29, 1.82) is 0 Å². The molecule has 200 valence electrons. The predicted octanol–water partition coefficient (Wildman–Crippen LogP) is 7.13. The van der Waals surface area contributed by atoms with E-state index in [2.05, 4.69) is 32.1 Å². The van der Waals surface area contributed by atoms with Crippen LogP contribution in [0.2, 0.25) is 0 Å². The van der Waals surface area contributed by atoms with Gasteiger partial charge in [-0.2, -0.15) is 5.10 Å². The van der Waals surface area contributed by atoms with Crippen LogP contribution >= 0.6 is 0 Å². The second kappa shape index (κ2) is 10.3. The van der Waals surface area contributed by atoms with Gasteiger partial charge in [0.2, 0.25) is 5.91 Å². The summed E-state index contributed by atoms with van der Waals surface area (Å²) in [6, 6.07) is 15.6. The summed E-state index contributed by atoms with van der Waals surface area (Å²) in [6.07, 6.45) is 8.17. The molecule has 6 rings (SSSR count). The maximum absolute atomic E-state index is 14.1. The maximum atomic E-state index is 14.1. The first-order chi connectivity index (χ1) is 19.4. The number of aromatic amines is 2. The minimum Gasteiger partial charge on any atom is -0.508 e. The molecular weight excluding hydrogens is 505 g/mol. The molecule has 7 nitrogen and oxygen atoms in total. The van der Waals surface area contributed by atoms with Crippen LogP contribution < -0.4 is 5.32 Å². The van der Waals surface area contributed by atoms with Crippen LogP contribution in [0.15, 0.2) is 79.5 Å². The van der Waals surface area contributed by atoms with E-state index in [1.807, 2.05) is 43.3 Å². The van der Waals surface area contributed by atoms with Gasteiger partial charge in [0.15, 0.2) is 0 Å². The average molecular weight is 534 g/mol. The molecule has 0 bridgehead atoms. The molecule has 0 aliphatic heterocycles. The van der Waals surface area contributed by atoms with Crippen LogP contribution in [0.5, 0.6) is 5.75 Å². The van der Waals surface area contributed by atoms with Crippen LogP contribution in [0.3, 0.4) is 0 Å². The van der Waals surface area contributed by atoms with Crippen molar-refractivity contribution in [2.24, 2.45) is 5.92 Å². The summed E-state index contributed by atoms with van der Waals surface area (Å²) >= 11 is 0. The number of aromatic hydroxyl groups is 1. The van der Waals surface area contributed by atoms with E-state index in [-0.39, 0.29) is 17.6 Å². The number of phenolic OH excluding ortho intramolecular Hbond substituents is 1. The third-order valence-corrected chi connectivity index (χ3v) is 7.39. The number of amides is 1. The van der Waals surface area contributed by atoms with Gasteiger partial charge in [-0.05, 0) is 67.3 Å². The molecule has 1 aliphatic carbocycles. The van der Waals surface area contributed by atoms with Gasteiger partial charge in [0, 0.05) is 39.9 Å². The molecule has 1 saturated carbocycles. The number of halogens is 1. The third kappa shape index (κ3) is 4.80. The van der Waals surface area contributed by atoms with Crippen molar-refractivity contribution in [2.45, 2.75) is 26.2 Å². The maximum Gasteiger partial charge on any atom is 0.227 e. The van der Waals surface area contributed by atoms with E-state index < -0.39 is 5.82 Å². The standard InChI is InChI=1S/C32H28FN5O2/c1-3-6-25(21-11-22(33)14-24(39)13-21)26-15-29(35-18(26)2)31-27-16-28(34-17-30(27)37-38-31)20-9-5-10-23(12-20)36-32(40)19-7-4-8-19/h3,5-6,9-17,19,35,39H,1,4,7-8H2,2H3,(H,36,40)(H,37,38)/b25-6-. The molecule has 0 saturated heterocycles. The number of pyridine rings is 1. The number of phenols is 1. The number of rotatable bonds is 7. The number of nitrogens with zero attached hydrogens (tertiary/aromatic N) is 2. The first-order valence-corrected chi connectivity index (χ1v) is 13.2. The molecule has 3 aromatic heterocycles. The molecule has 0 unspecified atom stereocenters. The Kier molecular flexibility index (Phi) is 6.51. The number of nitrogens with one attached hydrogen (secondary N) is 3. The Bertz CT molecular complexity index is 1770. The summed E-state index contributed by atoms with van der Waals surface area (Å²) in [5.41, 5.74) is 7.58. The van der Waals surface area contributed by atoms with E-state index >= 15 is 0 Å². The molecule has 0 radical (unpaired) electrons. The number of carbonyl (C=O) groups is 1. The molecule has 2 aromatic carbocycles. The zero-order chi connectivity index (χ0) is 27.8. The SMILES string of the molecule is C=C/C=C(/c1cc(O)cc(F)c1)c1cc(-c2n[nH]c3cnc(-c4cccc(NC(=O)C5CCC5)c4)cc23)[nH]c1C. The second-order valence-electron chi connectivity index (χ2n) is 10.1. The van der Waals surface area contributed by atoms with Crippen molar-refractivity contribution in [3.63, 3.8) is 0 Å². The van der Waals surface area contributed by atoms with Crippen LogP contribution in [-0.4, -0.2) is 31.2 Å². The summed E-state index contributed by atoms with van der Waals surface area (Å²) in [5, 5.41) is 21.5. The molecule has 1 aliphatic rings. The van der Waals surface area contributed by atoms with Gasteiger partial charge in [-0.15, -0.1) is 0 Å². The van der Waals surface area contributed by atoms with Crippen LogP contribution in [0.25, 0.3) is 39.1 Å². The Balaban J connectivity index is 1.36. The first-order valence-electron chi connectivity index (χ1n) is 13.2.